The minimum Gasteiger partial charge on any atom is -0.484 e. The van der Waals surface area contributed by atoms with Gasteiger partial charge < -0.3 is 15.2 Å². The highest BCUT2D eigenvalue weighted by Gasteiger charge is 2.01. The Morgan fingerprint density at radius 3 is 2.53 bits per heavy atom. The van der Waals surface area contributed by atoms with Crippen molar-refractivity contribution in [3.8, 4) is 5.75 Å². The zero-order valence-electron chi connectivity index (χ0n) is 11.5. The maximum atomic E-state index is 11.5. The standard InChI is InChI=1S/C15H23NO3/c1-13-6-8-14(9-7-13)19-12-15(18)16-10-4-2-3-5-11-17/h6-9,17H,2-5,10-12H2,1H3,(H,16,18). The minimum atomic E-state index is -0.0947. The third-order valence-corrected chi connectivity index (χ3v) is 2.80. The van der Waals surface area contributed by atoms with Crippen molar-refractivity contribution in [2.45, 2.75) is 32.6 Å². The van der Waals surface area contributed by atoms with E-state index in [4.69, 9.17) is 9.84 Å². The lowest BCUT2D eigenvalue weighted by atomic mass is 10.2. The number of amides is 1. The zero-order valence-corrected chi connectivity index (χ0v) is 11.5. The quantitative estimate of drug-likeness (QED) is 0.672. The van der Waals surface area contributed by atoms with Gasteiger partial charge in [-0.25, -0.2) is 0 Å². The predicted octanol–water partition coefficient (Wildman–Crippen LogP) is 2.04. The van der Waals surface area contributed by atoms with Crippen LogP contribution in [0.1, 0.15) is 31.2 Å². The average Bonchev–Trinajstić information content (AvgIpc) is 2.42. The number of benzene rings is 1. The van der Waals surface area contributed by atoms with E-state index in [0.29, 0.717) is 12.3 Å². The number of carbonyl (C=O) groups is 1. The van der Waals surface area contributed by atoms with E-state index < -0.39 is 0 Å². The van der Waals surface area contributed by atoms with Crippen LogP contribution in [-0.2, 0) is 4.79 Å². The normalized spacial score (nSPS) is 10.2. The minimum absolute atomic E-state index is 0.0553. The molecule has 1 amide bonds. The van der Waals surface area contributed by atoms with E-state index in [1.165, 1.54) is 5.56 Å². The van der Waals surface area contributed by atoms with Crippen molar-refractivity contribution >= 4 is 5.91 Å². The van der Waals surface area contributed by atoms with E-state index in [-0.39, 0.29) is 19.1 Å². The average molecular weight is 265 g/mol. The Morgan fingerprint density at radius 2 is 1.84 bits per heavy atom. The van der Waals surface area contributed by atoms with Crippen molar-refractivity contribution < 1.29 is 14.6 Å². The summed E-state index contributed by atoms with van der Waals surface area (Å²) in [5.41, 5.74) is 1.17. The Hall–Kier alpha value is -1.55. The number of aliphatic hydroxyl groups is 1. The van der Waals surface area contributed by atoms with Crippen LogP contribution in [0.2, 0.25) is 0 Å². The maximum Gasteiger partial charge on any atom is 0.257 e. The van der Waals surface area contributed by atoms with Gasteiger partial charge in [0.15, 0.2) is 6.61 Å². The van der Waals surface area contributed by atoms with E-state index in [2.05, 4.69) is 5.32 Å². The van der Waals surface area contributed by atoms with Gasteiger partial charge in [-0.3, -0.25) is 4.79 Å². The molecule has 0 atom stereocenters. The van der Waals surface area contributed by atoms with E-state index in [9.17, 15) is 4.79 Å². The highest BCUT2D eigenvalue weighted by Crippen LogP contribution is 2.10. The third-order valence-electron chi connectivity index (χ3n) is 2.80. The van der Waals surface area contributed by atoms with Gasteiger partial charge >= 0.3 is 0 Å². The Balaban J connectivity index is 2.06. The topological polar surface area (TPSA) is 58.6 Å². The largest absolute Gasteiger partial charge is 0.484 e. The predicted molar refractivity (Wildman–Crippen MR) is 75.2 cm³/mol. The number of carbonyl (C=O) groups excluding carboxylic acids is 1. The molecule has 106 valence electrons. The van der Waals surface area contributed by atoms with Crippen LogP contribution in [0, 0.1) is 6.92 Å². The molecule has 2 N–H and O–H groups in total. The van der Waals surface area contributed by atoms with Crippen molar-refractivity contribution in [2.24, 2.45) is 0 Å². The summed E-state index contributed by atoms with van der Waals surface area (Å²) in [5, 5.41) is 11.4. The monoisotopic (exact) mass is 265 g/mol. The van der Waals surface area contributed by atoms with Gasteiger partial charge in [-0.15, -0.1) is 0 Å². The summed E-state index contributed by atoms with van der Waals surface area (Å²) in [6, 6.07) is 7.62. The number of unbranched alkanes of at least 4 members (excludes halogenated alkanes) is 3. The van der Waals surface area contributed by atoms with Crippen molar-refractivity contribution in [2.75, 3.05) is 19.8 Å². The second kappa shape index (κ2) is 9.39. The Bertz CT molecular complexity index is 362. The number of rotatable bonds is 9. The molecule has 1 aromatic carbocycles. The van der Waals surface area contributed by atoms with Gasteiger partial charge in [0, 0.05) is 13.2 Å². The molecule has 0 aromatic heterocycles. The number of hydrogen-bond donors (Lipinski definition) is 2. The van der Waals surface area contributed by atoms with Gasteiger partial charge in [0.25, 0.3) is 5.91 Å². The lowest BCUT2D eigenvalue weighted by Gasteiger charge is -2.07. The molecule has 0 bridgehead atoms. The Labute approximate surface area is 114 Å². The van der Waals surface area contributed by atoms with Gasteiger partial charge in [-0.2, -0.15) is 0 Å². The molecule has 4 heteroatoms. The summed E-state index contributed by atoms with van der Waals surface area (Å²) in [5.74, 6) is 0.617. The highest BCUT2D eigenvalue weighted by atomic mass is 16.5. The number of aliphatic hydroxyl groups excluding tert-OH is 1. The van der Waals surface area contributed by atoms with E-state index in [1.807, 2.05) is 31.2 Å². The lowest BCUT2D eigenvalue weighted by molar-refractivity contribution is -0.123. The molecule has 0 heterocycles. The molecule has 0 aliphatic heterocycles. The van der Waals surface area contributed by atoms with Gasteiger partial charge in [0.2, 0.25) is 0 Å². The molecule has 1 aromatic rings. The molecule has 4 nitrogen and oxygen atoms in total. The maximum absolute atomic E-state index is 11.5. The fourth-order valence-corrected chi connectivity index (χ4v) is 1.65. The summed E-state index contributed by atoms with van der Waals surface area (Å²) in [7, 11) is 0. The van der Waals surface area contributed by atoms with Crippen molar-refractivity contribution in [1.82, 2.24) is 5.32 Å². The third kappa shape index (κ3) is 7.47. The molecule has 19 heavy (non-hydrogen) atoms. The first kappa shape index (κ1) is 15.5. The fourth-order valence-electron chi connectivity index (χ4n) is 1.65. The summed E-state index contributed by atoms with van der Waals surface area (Å²) in [4.78, 5) is 11.5. The van der Waals surface area contributed by atoms with Crippen LogP contribution < -0.4 is 10.1 Å². The summed E-state index contributed by atoms with van der Waals surface area (Å²) < 4.78 is 5.37. The summed E-state index contributed by atoms with van der Waals surface area (Å²) >= 11 is 0. The molecule has 0 aliphatic rings. The van der Waals surface area contributed by atoms with Gasteiger partial charge in [0.05, 0.1) is 0 Å². The van der Waals surface area contributed by atoms with E-state index in [0.717, 1.165) is 25.7 Å². The molecule has 1 rings (SSSR count). The molecule has 0 unspecified atom stereocenters. The van der Waals surface area contributed by atoms with Crippen LogP contribution in [0.15, 0.2) is 24.3 Å². The molecular formula is C15H23NO3. The van der Waals surface area contributed by atoms with Crippen molar-refractivity contribution in [1.29, 1.82) is 0 Å². The van der Waals surface area contributed by atoms with E-state index >= 15 is 0 Å². The van der Waals surface area contributed by atoms with Gasteiger partial charge in [0.1, 0.15) is 5.75 Å². The highest BCUT2D eigenvalue weighted by molar-refractivity contribution is 5.77. The molecule has 0 aliphatic carbocycles. The first-order valence-corrected chi connectivity index (χ1v) is 6.79. The smallest absolute Gasteiger partial charge is 0.257 e. The molecule has 0 saturated carbocycles. The van der Waals surface area contributed by atoms with Crippen LogP contribution in [0.3, 0.4) is 0 Å². The molecule has 0 fully saturated rings. The van der Waals surface area contributed by atoms with Crippen LogP contribution in [0.4, 0.5) is 0 Å². The number of hydrogen-bond acceptors (Lipinski definition) is 3. The van der Waals surface area contributed by atoms with Crippen molar-refractivity contribution in [3.63, 3.8) is 0 Å². The van der Waals surface area contributed by atoms with Gasteiger partial charge in [-0.1, -0.05) is 30.5 Å². The second-order valence-corrected chi connectivity index (χ2v) is 4.59. The lowest BCUT2D eigenvalue weighted by Crippen LogP contribution is -2.29. The number of ether oxygens (including phenoxy) is 1. The molecule has 0 saturated heterocycles. The van der Waals surface area contributed by atoms with Crippen LogP contribution in [0.5, 0.6) is 5.75 Å². The first-order chi connectivity index (χ1) is 9.22. The number of aryl methyl sites for hydroxylation is 1. The van der Waals surface area contributed by atoms with Crippen molar-refractivity contribution in [3.05, 3.63) is 29.8 Å². The SMILES string of the molecule is Cc1ccc(OCC(=O)NCCCCCCO)cc1. The van der Waals surface area contributed by atoms with Crippen LogP contribution in [-0.4, -0.2) is 30.8 Å². The van der Waals surface area contributed by atoms with Crippen LogP contribution in [0.25, 0.3) is 0 Å². The number of nitrogens with one attached hydrogen (secondary N) is 1. The first-order valence-electron chi connectivity index (χ1n) is 6.79. The fraction of sp³-hybridized carbons (Fsp3) is 0.533. The Morgan fingerprint density at radius 1 is 1.16 bits per heavy atom. The second-order valence-electron chi connectivity index (χ2n) is 4.59. The van der Waals surface area contributed by atoms with Crippen LogP contribution >= 0.6 is 0 Å². The summed E-state index contributed by atoms with van der Waals surface area (Å²) in [6.45, 7) is 2.98. The molecular weight excluding hydrogens is 242 g/mol. The van der Waals surface area contributed by atoms with Gasteiger partial charge in [-0.05, 0) is 31.9 Å². The van der Waals surface area contributed by atoms with E-state index in [1.54, 1.807) is 0 Å². The zero-order chi connectivity index (χ0) is 13.9. The molecule has 0 spiro atoms. The Kier molecular flexibility index (Phi) is 7.66. The molecule has 0 radical (unpaired) electrons. The summed E-state index contributed by atoms with van der Waals surface area (Å²) in [6.07, 6.45) is 3.81.